The summed E-state index contributed by atoms with van der Waals surface area (Å²) in [6.07, 6.45) is 10.3. The zero-order valence-corrected chi connectivity index (χ0v) is 15.8. The van der Waals surface area contributed by atoms with Gasteiger partial charge in [0.1, 0.15) is 5.82 Å². The standard InChI is InChI=1S/C21H28N6/c22-11-1-2-14-27(18-9-3-6-16-7-4-12-23-20(16)18)15-10-19-25-17-8-5-13-24-21(17)26-19/h4-5,7-8,12-13,18H,1-3,6,9-11,14-15,22H2,(H,24,25,26). The summed E-state index contributed by atoms with van der Waals surface area (Å²) in [5.74, 6) is 1.00. The number of unbranched alkanes of at least 4 members (excludes halogenated alkanes) is 1. The minimum absolute atomic E-state index is 0.398. The summed E-state index contributed by atoms with van der Waals surface area (Å²) >= 11 is 0. The molecule has 0 aliphatic heterocycles. The molecule has 1 atom stereocenters. The van der Waals surface area contributed by atoms with Crippen LogP contribution in [0, 0.1) is 0 Å². The highest BCUT2D eigenvalue weighted by atomic mass is 15.2. The number of pyridine rings is 2. The van der Waals surface area contributed by atoms with Gasteiger partial charge in [0.2, 0.25) is 0 Å². The highest BCUT2D eigenvalue weighted by Crippen LogP contribution is 2.33. The van der Waals surface area contributed by atoms with E-state index in [9.17, 15) is 0 Å². The average Bonchev–Trinajstić information content (AvgIpc) is 3.13. The minimum atomic E-state index is 0.398. The molecule has 0 saturated carbocycles. The highest BCUT2D eigenvalue weighted by molar-refractivity contribution is 5.69. The second kappa shape index (κ2) is 8.59. The Bertz CT molecular complexity index is 841. The number of nitrogens with two attached hydrogens (primary N) is 1. The number of aryl methyl sites for hydroxylation is 1. The highest BCUT2D eigenvalue weighted by Gasteiger charge is 2.26. The lowest BCUT2D eigenvalue weighted by atomic mass is 9.90. The van der Waals surface area contributed by atoms with Crippen LogP contribution in [0.15, 0.2) is 36.7 Å². The van der Waals surface area contributed by atoms with Crippen molar-refractivity contribution >= 4 is 11.2 Å². The monoisotopic (exact) mass is 364 g/mol. The summed E-state index contributed by atoms with van der Waals surface area (Å²) < 4.78 is 0. The van der Waals surface area contributed by atoms with Gasteiger partial charge in [-0.15, -0.1) is 0 Å². The summed E-state index contributed by atoms with van der Waals surface area (Å²) in [7, 11) is 0. The Morgan fingerprint density at radius 1 is 1.11 bits per heavy atom. The van der Waals surface area contributed by atoms with E-state index in [2.05, 4.69) is 32.0 Å². The van der Waals surface area contributed by atoms with Crippen LogP contribution in [0.25, 0.3) is 11.2 Å². The largest absolute Gasteiger partial charge is 0.341 e. The maximum Gasteiger partial charge on any atom is 0.177 e. The third kappa shape index (κ3) is 4.17. The number of hydrogen-bond acceptors (Lipinski definition) is 5. The lowest BCUT2D eigenvalue weighted by molar-refractivity contribution is 0.172. The molecule has 1 aliphatic rings. The van der Waals surface area contributed by atoms with Crippen molar-refractivity contribution < 1.29 is 0 Å². The zero-order valence-electron chi connectivity index (χ0n) is 15.8. The van der Waals surface area contributed by atoms with Gasteiger partial charge in [0.05, 0.1) is 17.3 Å². The molecule has 0 amide bonds. The molecular formula is C21H28N6. The van der Waals surface area contributed by atoms with E-state index in [4.69, 9.17) is 10.7 Å². The van der Waals surface area contributed by atoms with E-state index in [0.29, 0.717) is 6.04 Å². The van der Waals surface area contributed by atoms with Crippen molar-refractivity contribution in [2.75, 3.05) is 19.6 Å². The molecule has 4 rings (SSSR count). The Kier molecular flexibility index (Phi) is 5.75. The summed E-state index contributed by atoms with van der Waals surface area (Å²) in [6.45, 7) is 2.77. The van der Waals surface area contributed by atoms with Crippen LogP contribution in [0.4, 0.5) is 0 Å². The van der Waals surface area contributed by atoms with Crippen LogP contribution in [0.5, 0.6) is 0 Å². The van der Waals surface area contributed by atoms with E-state index in [1.54, 1.807) is 6.20 Å². The van der Waals surface area contributed by atoms with Gasteiger partial charge in [-0.05, 0) is 69.0 Å². The Hall–Kier alpha value is -2.31. The fraction of sp³-hybridized carbons (Fsp3) is 0.476. The van der Waals surface area contributed by atoms with E-state index >= 15 is 0 Å². The van der Waals surface area contributed by atoms with Gasteiger partial charge in [0.25, 0.3) is 0 Å². The van der Waals surface area contributed by atoms with E-state index in [-0.39, 0.29) is 0 Å². The molecule has 6 heteroatoms. The molecule has 0 fully saturated rings. The van der Waals surface area contributed by atoms with Crippen LogP contribution in [-0.4, -0.2) is 44.5 Å². The predicted octanol–water partition coefficient (Wildman–Crippen LogP) is 3.01. The first-order chi connectivity index (χ1) is 13.3. The summed E-state index contributed by atoms with van der Waals surface area (Å²) in [4.78, 5) is 19.7. The predicted molar refractivity (Wildman–Crippen MR) is 107 cm³/mol. The number of fused-ring (bicyclic) bond motifs is 2. The molecule has 1 unspecified atom stereocenters. The Morgan fingerprint density at radius 3 is 2.89 bits per heavy atom. The third-order valence-corrected chi connectivity index (χ3v) is 5.45. The molecule has 3 aromatic rings. The van der Waals surface area contributed by atoms with Gasteiger partial charge in [0, 0.05) is 25.4 Å². The van der Waals surface area contributed by atoms with Gasteiger partial charge in [-0.2, -0.15) is 0 Å². The van der Waals surface area contributed by atoms with Crippen molar-refractivity contribution in [3.63, 3.8) is 0 Å². The molecule has 0 spiro atoms. The quantitative estimate of drug-likeness (QED) is 0.600. The van der Waals surface area contributed by atoms with Gasteiger partial charge < -0.3 is 10.7 Å². The van der Waals surface area contributed by atoms with Crippen molar-refractivity contribution in [2.45, 2.75) is 44.6 Å². The van der Waals surface area contributed by atoms with E-state index in [1.165, 1.54) is 24.1 Å². The average molecular weight is 364 g/mol. The normalized spacial score (nSPS) is 16.7. The van der Waals surface area contributed by atoms with Gasteiger partial charge in [-0.1, -0.05) is 6.07 Å². The number of aromatic nitrogens is 4. The van der Waals surface area contributed by atoms with Crippen molar-refractivity contribution in [1.29, 1.82) is 0 Å². The fourth-order valence-corrected chi connectivity index (χ4v) is 4.09. The van der Waals surface area contributed by atoms with E-state index < -0.39 is 0 Å². The third-order valence-electron chi connectivity index (χ3n) is 5.45. The second-order valence-corrected chi connectivity index (χ2v) is 7.30. The lowest BCUT2D eigenvalue weighted by Crippen LogP contribution is -2.35. The molecule has 142 valence electrons. The van der Waals surface area contributed by atoms with Gasteiger partial charge in [-0.25, -0.2) is 9.97 Å². The van der Waals surface area contributed by atoms with Crippen molar-refractivity contribution in [1.82, 2.24) is 24.8 Å². The van der Waals surface area contributed by atoms with Crippen LogP contribution >= 0.6 is 0 Å². The van der Waals surface area contributed by atoms with Crippen LogP contribution in [-0.2, 0) is 12.8 Å². The van der Waals surface area contributed by atoms with Crippen LogP contribution in [0.2, 0.25) is 0 Å². The first-order valence-corrected chi connectivity index (χ1v) is 10.0. The van der Waals surface area contributed by atoms with E-state index in [1.807, 2.05) is 18.3 Å². The van der Waals surface area contributed by atoms with Crippen molar-refractivity contribution in [3.05, 3.63) is 53.7 Å². The first-order valence-electron chi connectivity index (χ1n) is 10.0. The molecule has 0 radical (unpaired) electrons. The summed E-state index contributed by atoms with van der Waals surface area (Å²) in [5, 5.41) is 0. The molecule has 0 saturated heterocycles. The van der Waals surface area contributed by atoms with Crippen LogP contribution in [0.3, 0.4) is 0 Å². The summed E-state index contributed by atoms with van der Waals surface area (Å²) in [5.41, 5.74) is 10.2. The molecule has 3 heterocycles. The van der Waals surface area contributed by atoms with Crippen molar-refractivity contribution in [2.24, 2.45) is 5.73 Å². The molecule has 0 bridgehead atoms. The molecular weight excluding hydrogens is 336 g/mol. The number of hydrogen-bond donors (Lipinski definition) is 2. The van der Waals surface area contributed by atoms with Crippen LogP contribution < -0.4 is 5.73 Å². The minimum Gasteiger partial charge on any atom is -0.341 e. The molecule has 3 N–H and O–H groups in total. The van der Waals surface area contributed by atoms with Crippen LogP contribution in [0.1, 0.15) is 48.8 Å². The number of nitrogens with one attached hydrogen (secondary N) is 1. The molecule has 0 aromatic carbocycles. The van der Waals surface area contributed by atoms with Gasteiger partial charge in [0.15, 0.2) is 5.65 Å². The van der Waals surface area contributed by atoms with Gasteiger partial charge >= 0.3 is 0 Å². The number of imidazole rings is 1. The maximum absolute atomic E-state index is 5.73. The van der Waals surface area contributed by atoms with Gasteiger partial charge in [-0.3, -0.25) is 9.88 Å². The second-order valence-electron chi connectivity index (χ2n) is 7.30. The topological polar surface area (TPSA) is 83.7 Å². The Labute approximate surface area is 160 Å². The SMILES string of the molecule is NCCCCN(CCc1nc2ncccc2[nH]1)C1CCCc2cccnc21. The summed E-state index contributed by atoms with van der Waals surface area (Å²) in [6, 6.07) is 8.65. The maximum atomic E-state index is 5.73. The fourth-order valence-electron chi connectivity index (χ4n) is 4.09. The number of nitrogens with zero attached hydrogens (tertiary/aromatic N) is 4. The molecule has 27 heavy (non-hydrogen) atoms. The zero-order chi connectivity index (χ0) is 18.5. The number of aromatic amines is 1. The lowest BCUT2D eigenvalue weighted by Gasteiger charge is -2.35. The Balaban J connectivity index is 1.50. The van der Waals surface area contributed by atoms with E-state index in [0.717, 1.165) is 62.3 Å². The molecule has 6 nitrogen and oxygen atoms in total. The smallest absolute Gasteiger partial charge is 0.177 e. The number of H-pyrrole nitrogens is 1. The number of rotatable bonds is 8. The Morgan fingerprint density at radius 2 is 2.00 bits per heavy atom. The first kappa shape index (κ1) is 18.1. The van der Waals surface area contributed by atoms with Crippen molar-refractivity contribution in [3.8, 4) is 0 Å². The molecule has 1 aliphatic carbocycles. The molecule has 3 aromatic heterocycles.